The van der Waals surface area contributed by atoms with Gasteiger partial charge in [-0.3, -0.25) is 4.79 Å². The highest BCUT2D eigenvalue weighted by Gasteiger charge is 2.23. The molecule has 2 aromatic rings. The Labute approximate surface area is 141 Å². The lowest BCUT2D eigenvalue weighted by atomic mass is 10.1. The number of aromatic amines is 1. The molecule has 0 atom stereocenters. The van der Waals surface area contributed by atoms with Gasteiger partial charge in [0, 0.05) is 11.4 Å². The van der Waals surface area contributed by atoms with Crippen molar-refractivity contribution in [3.63, 3.8) is 0 Å². The van der Waals surface area contributed by atoms with Crippen LogP contribution < -0.4 is 10.1 Å². The lowest BCUT2D eigenvalue weighted by molar-refractivity contribution is 0.0599. The second-order valence-electron chi connectivity index (χ2n) is 5.24. The molecule has 0 spiro atoms. The molecule has 0 radical (unpaired) electrons. The van der Waals surface area contributed by atoms with Crippen molar-refractivity contribution in [2.45, 2.75) is 27.2 Å². The third kappa shape index (κ3) is 3.59. The number of nitrogens with one attached hydrogen (secondary N) is 2. The average molecular weight is 330 g/mol. The lowest BCUT2D eigenvalue weighted by Crippen LogP contribution is -2.14. The van der Waals surface area contributed by atoms with Gasteiger partial charge in [0.1, 0.15) is 11.4 Å². The number of anilines is 1. The van der Waals surface area contributed by atoms with E-state index in [9.17, 15) is 9.59 Å². The fourth-order valence-corrected chi connectivity index (χ4v) is 2.52. The van der Waals surface area contributed by atoms with E-state index in [1.807, 2.05) is 13.8 Å². The Morgan fingerprint density at radius 3 is 2.38 bits per heavy atom. The molecule has 1 amide bonds. The van der Waals surface area contributed by atoms with Gasteiger partial charge in [-0.05, 0) is 50.1 Å². The van der Waals surface area contributed by atoms with Crippen LogP contribution in [0.15, 0.2) is 24.3 Å². The Morgan fingerprint density at radius 1 is 1.17 bits per heavy atom. The van der Waals surface area contributed by atoms with Crippen molar-refractivity contribution in [3.05, 3.63) is 46.8 Å². The van der Waals surface area contributed by atoms with Crippen LogP contribution in [0, 0.1) is 6.92 Å². The molecular weight excluding hydrogens is 308 g/mol. The van der Waals surface area contributed by atoms with Crippen molar-refractivity contribution < 1.29 is 19.1 Å². The first kappa shape index (κ1) is 17.6. The number of methoxy groups -OCH3 is 1. The van der Waals surface area contributed by atoms with E-state index >= 15 is 0 Å². The highest BCUT2D eigenvalue weighted by molar-refractivity contribution is 6.06. The number of esters is 1. The highest BCUT2D eigenvalue weighted by atomic mass is 16.5. The zero-order valence-electron chi connectivity index (χ0n) is 14.4. The summed E-state index contributed by atoms with van der Waals surface area (Å²) in [5, 5.41) is 2.81. The van der Waals surface area contributed by atoms with Gasteiger partial charge < -0.3 is 19.8 Å². The fraction of sp³-hybridized carbons (Fsp3) is 0.333. The number of hydrogen-bond acceptors (Lipinski definition) is 4. The number of hydrogen-bond donors (Lipinski definition) is 2. The predicted octanol–water partition coefficient (Wildman–Crippen LogP) is 3.32. The molecule has 24 heavy (non-hydrogen) atoms. The molecule has 0 aliphatic rings. The maximum Gasteiger partial charge on any atom is 0.339 e. The largest absolute Gasteiger partial charge is 0.494 e. The van der Waals surface area contributed by atoms with Crippen LogP contribution in [0.25, 0.3) is 0 Å². The maximum atomic E-state index is 12.5. The molecule has 1 aromatic heterocycles. The van der Waals surface area contributed by atoms with Crippen LogP contribution in [-0.2, 0) is 11.2 Å². The third-order valence-electron chi connectivity index (χ3n) is 3.72. The minimum atomic E-state index is -0.444. The van der Waals surface area contributed by atoms with E-state index < -0.39 is 5.97 Å². The number of rotatable bonds is 6. The molecule has 0 bridgehead atoms. The standard InChI is InChI=1S/C18H22N2O4/c1-5-14-15(18(22)23-4)11(3)16(20-14)17(21)19-12-7-9-13(10-8-12)24-6-2/h7-10,20H,5-6H2,1-4H3,(H,19,21). The number of aromatic nitrogens is 1. The van der Waals surface area contributed by atoms with Crippen molar-refractivity contribution in [2.75, 3.05) is 19.0 Å². The Bertz CT molecular complexity index is 732. The molecule has 1 aromatic carbocycles. The molecule has 0 saturated heterocycles. The van der Waals surface area contributed by atoms with Crippen LogP contribution in [0.4, 0.5) is 5.69 Å². The second-order valence-corrected chi connectivity index (χ2v) is 5.24. The Balaban J connectivity index is 2.23. The summed E-state index contributed by atoms with van der Waals surface area (Å²) in [7, 11) is 1.33. The first-order valence-corrected chi connectivity index (χ1v) is 7.85. The molecule has 0 saturated carbocycles. The van der Waals surface area contributed by atoms with Crippen LogP contribution in [0.1, 0.15) is 46.0 Å². The Morgan fingerprint density at radius 2 is 1.83 bits per heavy atom. The fourth-order valence-electron chi connectivity index (χ4n) is 2.52. The first-order valence-electron chi connectivity index (χ1n) is 7.85. The van der Waals surface area contributed by atoms with Crippen molar-refractivity contribution in [3.8, 4) is 5.75 Å². The molecular formula is C18H22N2O4. The normalized spacial score (nSPS) is 10.3. The number of H-pyrrole nitrogens is 1. The summed E-state index contributed by atoms with van der Waals surface area (Å²) in [6, 6.07) is 7.11. The maximum absolute atomic E-state index is 12.5. The summed E-state index contributed by atoms with van der Waals surface area (Å²) in [6.07, 6.45) is 0.599. The topological polar surface area (TPSA) is 80.4 Å². The molecule has 6 heteroatoms. The van der Waals surface area contributed by atoms with Crippen LogP contribution in [-0.4, -0.2) is 30.6 Å². The van der Waals surface area contributed by atoms with E-state index in [1.54, 1.807) is 31.2 Å². The quantitative estimate of drug-likeness (QED) is 0.796. The van der Waals surface area contributed by atoms with Crippen molar-refractivity contribution in [2.24, 2.45) is 0 Å². The van der Waals surface area contributed by atoms with E-state index in [0.29, 0.717) is 41.2 Å². The molecule has 0 fully saturated rings. The number of carbonyl (C=O) groups is 2. The van der Waals surface area contributed by atoms with Gasteiger partial charge in [0.25, 0.3) is 5.91 Å². The van der Waals surface area contributed by atoms with E-state index in [1.165, 1.54) is 7.11 Å². The van der Waals surface area contributed by atoms with Gasteiger partial charge in [-0.25, -0.2) is 4.79 Å². The molecule has 2 N–H and O–H groups in total. The Kier molecular flexibility index (Phi) is 5.63. The molecule has 128 valence electrons. The molecule has 0 unspecified atom stereocenters. The van der Waals surface area contributed by atoms with Gasteiger partial charge in [-0.1, -0.05) is 6.92 Å². The van der Waals surface area contributed by atoms with Crippen molar-refractivity contribution in [1.29, 1.82) is 0 Å². The van der Waals surface area contributed by atoms with Crippen LogP contribution >= 0.6 is 0 Å². The van der Waals surface area contributed by atoms with E-state index in [2.05, 4.69) is 10.3 Å². The number of carbonyl (C=O) groups excluding carboxylic acids is 2. The summed E-state index contributed by atoms with van der Waals surface area (Å²) < 4.78 is 10.2. The molecule has 0 aliphatic heterocycles. The average Bonchev–Trinajstić information content (AvgIpc) is 2.93. The van der Waals surface area contributed by atoms with Gasteiger partial charge in [0.05, 0.1) is 19.3 Å². The van der Waals surface area contributed by atoms with Gasteiger partial charge in [-0.2, -0.15) is 0 Å². The summed E-state index contributed by atoms with van der Waals surface area (Å²) >= 11 is 0. The van der Waals surface area contributed by atoms with E-state index in [0.717, 1.165) is 5.75 Å². The zero-order valence-corrected chi connectivity index (χ0v) is 14.4. The lowest BCUT2D eigenvalue weighted by Gasteiger charge is -2.07. The molecule has 1 heterocycles. The smallest absolute Gasteiger partial charge is 0.339 e. The van der Waals surface area contributed by atoms with E-state index in [-0.39, 0.29) is 5.91 Å². The highest BCUT2D eigenvalue weighted by Crippen LogP contribution is 2.22. The number of ether oxygens (including phenoxy) is 2. The van der Waals surface area contributed by atoms with E-state index in [4.69, 9.17) is 9.47 Å². The van der Waals surface area contributed by atoms with Crippen LogP contribution in [0.2, 0.25) is 0 Å². The summed E-state index contributed by atoms with van der Waals surface area (Å²) in [4.78, 5) is 27.5. The number of benzene rings is 1. The van der Waals surface area contributed by atoms with Crippen LogP contribution in [0.3, 0.4) is 0 Å². The third-order valence-corrected chi connectivity index (χ3v) is 3.72. The zero-order chi connectivity index (χ0) is 17.7. The summed E-state index contributed by atoms with van der Waals surface area (Å²) in [5.74, 6) is -0.00460. The minimum absolute atomic E-state index is 0.304. The summed E-state index contributed by atoms with van der Waals surface area (Å²) in [6.45, 7) is 6.14. The monoisotopic (exact) mass is 330 g/mol. The Hall–Kier alpha value is -2.76. The molecule has 2 rings (SSSR count). The van der Waals surface area contributed by atoms with Gasteiger partial charge in [0.15, 0.2) is 0 Å². The number of amides is 1. The molecule has 0 aliphatic carbocycles. The number of aryl methyl sites for hydroxylation is 1. The van der Waals surface area contributed by atoms with Gasteiger partial charge >= 0.3 is 5.97 Å². The first-order chi connectivity index (χ1) is 11.5. The van der Waals surface area contributed by atoms with Crippen molar-refractivity contribution in [1.82, 2.24) is 4.98 Å². The summed E-state index contributed by atoms with van der Waals surface area (Å²) in [5.41, 5.74) is 2.71. The van der Waals surface area contributed by atoms with Gasteiger partial charge in [0.2, 0.25) is 0 Å². The molecule has 6 nitrogen and oxygen atoms in total. The van der Waals surface area contributed by atoms with Crippen LogP contribution in [0.5, 0.6) is 5.75 Å². The second kappa shape index (κ2) is 7.68. The minimum Gasteiger partial charge on any atom is -0.494 e. The van der Waals surface area contributed by atoms with Gasteiger partial charge in [-0.15, -0.1) is 0 Å². The SMILES string of the molecule is CCOc1ccc(NC(=O)c2[nH]c(CC)c(C(=O)OC)c2C)cc1. The van der Waals surface area contributed by atoms with Crippen molar-refractivity contribution >= 4 is 17.6 Å². The predicted molar refractivity (Wildman–Crippen MR) is 91.8 cm³/mol.